The lowest BCUT2D eigenvalue weighted by Gasteiger charge is -2.15. The van der Waals surface area contributed by atoms with Crippen LogP contribution in [0.3, 0.4) is 0 Å². The number of amides is 2. The van der Waals surface area contributed by atoms with Crippen LogP contribution in [0.15, 0.2) is 41.0 Å². The van der Waals surface area contributed by atoms with Crippen LogP contribution >= 0.6 is 12.6 Å². The number of hydrogen-bond acceptors (Lipinski definition) is 5. The average molecular weight is 405 g/mol. The Labute approximate surface area is 171 Å². The van der Waals surface area contributed by atoms with Gasteiger partial charge in [0.1, 0.15) is 5.76 Å². The smallest absolute Gasteiger partial charge is 0.252 e. The molecule has 0 aliphatic carbocycles. The van der Waals surface area contributed by atoms with E-state index in [0.29, 0.717) is 24.5 Å². The molecule has 0 unspecified atom stereocenters. The van der Waals surface area contributed by atoms with Crippen LogP contribution in [0.25, 0.3) is 0 Å². The van der Waals surface area contributed by atoms with Crippen LogP contribution in [0.5, 0.6) is 0 Å². The number of hydrogen-bond donors (Lipinski definition) is 3. The van der Waals surface area contributed by atoms with Crippen molar-refractivity contribution in [1.29, 1.82) is 0 Å². The van der Waals surface area contributed by atoms with Crippen LogP contribution in [0.4, 0.5) is 0 Å². The zero-order valence-corrected chi connectivity index (χ0v) is 17.3. The maximum Gasteiger partial charge on any atom is 0.252 e. The summed E-state index contributed by atoms with van der Waals surface area (Å²) in [7, 11) is 0. The molecule has 2 amide bonds. The zero-order valence-electron chi connectivity index (χ0n) is 16.4. The Balaban J connectivity index is 1.94. The van der Waals surface area contributed by atoms with Crippen molar-refractivity contribution in [2.45, 2.75) is 39.3 Å². The number of furan rings is 1. The van der Waals surface area contributed by atoms with E-state index >= 15 is 0 Å². The van der Waals surface area contributed by atoms with Gasteiger partial charge in [0.05, 0.1) is 26.0 Å². The second-order valence-electron chi connectivity index (χ2n) is 6.74. The van der Waals surface area contributed by atoms with E-state index in [2.05, 4.69) is 23.3 Å². The minimum Gasteiger partial charge on any atom is -0.467 e. The van der Waals surface area contributed by atoms with Gasteiger partial charge in [0.25, 0.3) is 5.91 Å². The van der Waals surface area contributed by atoms with Crippen molar-refractivity contribution in [3.05, 3.63) is 59.0 Å². The van der Waals surface area contributed by atoms with Gasteiger partial charge >= 0.3 is 0 Å². The van der Waals surface area contributed by atoms with Crippen molar-refractivity contribution < 1.29 is 18.7 Å². The van der Waals surface area contributed by atoms with E-state index in [4.69, 9.17) is 9.15 Å². The molecule has 0 saturated carbocycles. The molecule has 0 spiro atoms. The Morgan fingerprint density at radius 1 is 1.21 bits per heavy atom. The highest BCUT2D eigenvalue weighted by Crippen LogP contribution is 2.21. The van der Waals surface area contributed by atoms with E-state index in [9.17, 15) is 9.59 Å². The molecular formula is C21H28N2O4S. The number of benzene rings is 1. The number of rotatable bonds is 11. The summed E-state index contributed by atoms with van der Waals surface area (Å²) in [6, 6.07) is 9.30. The largest absolute Gasteiger partial charge is 0.467 e. The van der Waals surface area contributed by atoms with Crippen LogP contribution in [0, 0.1) is 0 Å². The van der Waals surface area contributed by atoms with Crippen LogP contribution in [-0.4, -0.2) is 30.7 Å². The third-order valence-electron chi connectivity index (χ3n) is 4.15. The number of carbonyl (C=O) groups is 2. The molecule has 7 heteroatoms. The molecule has 2 aromatic rings. The van der Waals surface area contributed by atoms with Gasteiger partial charge in [-0.15, -0.1) is 0 Å². The predicted molar refractivity (Wildman–Crippen MR) is 112 cm³/mol. The summed E-state index contributed by atoms with van der Waals surface area (Å²) in [6.07, 6.45) is 2.43. The summed E-state index contributed by atoms with van der Waals surface area (Å²) in [5.74, 6) is 1.08. The highest BCUT2D eigenvalue weighted by atomic mass is 32.1. The minimum absolute atomic E-state index is 0.0975. The molecule has 0 aliphatic rings. The SMILES string of the molecule is CC(C)c1ccc(COCCCS)cc1C(=O)NCC(=O)NCc1ccco1. The summed E-state index contributed by atoms with van der Waals surface area (Å²) in [5.41, 5.74) is 2.44. The van der Waals surface area contributed by atoms with Gasteiger partial charge in [-0.1, -0.05) is 26.0 Å². The molecule has 1 aromatic carbocycles. The summed E-state index contributed by atoms with van der Waals surface area (Å²) >= 11 is 4.16. The normalized spacial score (nSPS) is 10.9. The molecule has 0 atom stereocenters. The van der Waals surface area contributed by atoms with Crippen molar-refractivity contribution in [3.8, 4) is 0 Å². The van der Waals surface area contributed by atoms with Gasteiger partial charge in [0, 0.05) is 12.2 Å². The number of carbonyl (C=O) groups excluding carboxylic acids is 2. The van der Waals surface area contributed by atoms with Crippen LogP contribution in [-0.2, 0) is 22.7 Å². The number of ether oxygens (including phenoxy) is 1. The second kappa shape index (κ2) is 11.6. The van der Waals surface area contributed by atoms with E-state index in [-0.39, 0.29) is 30.8 Å². The highest BCUT2D eigenvalue weighted by molar-refractivity contribution is 7.80. The Morgan fingerprint density at radius 3 is 2.71 bits per heavy atom. The molecule has 0 fully saturated rings. The van der Waals surface area contributed by atoms with Crippen molar-refractivity contribution >= 4 is 24.4 Å². The molecule has 28 heavy (non-hydrogen) atoms. The van der Waals surface area contributed by atoms with Crippen LogP contribution in [0.2, 0.25) is 0 Å². The third kappa shape index (κ3) is 7.05. The molecule has 2 N–H and O–H groups in total. The lowest BCUT2D eigenvalue weighted by Crippen LogP contribution is -2.37. The monoisotopic (exact) mass is 404 g/mol. The molecule has 1 aromatic heterocycles. The van der Waals surface area contributed by atoms with Gasteiger partial charge in [0.2, 0.25) is 5.91 Å². The third-order valence-corrected chi connectivity index (χ3v) is 4.47. The second-order valence-corrected chi connectivity index (χ2v) is 7.19. The molecule has 0 saturated heterocycles. The van der Waals surface area contributed by atoms with E-state index in [0.717, 1.165) is 23.3 Å². The van der Waals surface area contributed by atoms with Gasteiger partial charge in [-0.2, -0.15) is 12.6 Å². The summed E-state index contributed by atoms with van der Waals surface area (Å²) in [6.45, 7) is 5.33. The number of thiol groups is 1. The Hall–Kier alpha value is -2.25. The maximum absolute atomic E-state index is 12.7. The predicted octanol–water partition coefficient (Wildman–Crippen LogP) is 3.29. The minimum atomic E-state index is -0.276. The van der Waals surface area contributed by atoms with E-state index in [1.165, 1.54) is 0 Å². The fourth-order valence-electron chi connectivity index (χ4n) is 2.67. The van der Waals surface area contributed by atoms with Gasteiger partial charge in [-0.25, -0.2) is 0 Å². The maximum atomic E-state index is 12.7. The molecule has 6 nitrogen and oxygen atoms in total. The molecule has 2 rings (SSSR count). The summed E-state index contributed by atoms with van der Waals surface area (Å²) < 4.78 is 10.8. The zero-order chi connectivity index (χ0) is 20.4. The first-order valence-corrected chi connectivity index (χ1v) is 10.0. The van der Waals surface area contributed by atoms with E-state index in [1.54, 1.807) is 18.4 Å². The lowest BCUT2D eigenvalue weighted by atomic mass is 9.95. The van der Waals surface area contributed by atoms with Crippen molar-refractivity contribution in [1.82, 2.24) is 10.6 Å². The van der Waals surface area contributed by atoms with Crippen LogP contribution in [0.1, 0.15) is 53.4 Å². The Morgan fingerprint density at radius 2 is 2.04 bits per heavy atom. The van der Waals surface area contributed by atoms with Crippen molar-refractivity contribution in [2.75, 3.05) is 18.9 Å². The van der Waals surface area contributed by atoms with Crippen LogP contribution < -0.4 is 10.6 Å². The molecule has 0 bridgehead atoms. The fraction of sp³-hybridized carbons (Fsp3) is 0.429. The molecule has 0 aliphatic heterocycles. The van der Waals surface area contributed by atoms with E-state index < -0.39 is 0 Å². The first-order chi connectivity index (χ1) is 13.5. The lowest BCUT2D eigenvalue weighted by molar-refractivity contribution is -0.120. The highest BCUT2D eigenvalue weighted by Gasteiger charge is 2.16. The van der Waals surface area contributed by atoms with Gasteiger partial charge < -0.3 is 19.8 Å². The van der Waals surface area contributed by atoms with Gasteiger partial charge in [0.15, 0.2) is 0 Å². The quantitative estimate of drug-likeness (QED) is 0.397. The first-order valence-electron chi connectivity index (χ1n) is 9.40. The first kappa shape index (κ1) is 22.0. The average Bonchev–Trinajstić information content (AvgIpc) is 3.21. The number of nitrogens with one attached hydrogen (secondary N) is 2. The topological polar surface area (TPSA) is 80.6 Å². The Bertz CT molecular complexity index is 760. The van der Waals surface area contributed by atoms with Gasteiger partial charge in [-0.05, 0) is 47.4 Å². The summed E-state index contributed by atoms with van der Waals surface area (Å²) in [4.78, 5) is 24.6. The Kier molecular flexibility index (Phi) is 9.10. The fourth-order valence-corrected chi connectivity index (χ4v) is 2.80. The van der Waals surface area contributed by atoms with Gasteiger partial charge in [-0.3, -0.25) is 9.59 Å². The molecule has 1 heterocycles. The molecule has 152 valence electrons. The summed E-state index contributed by atoms with van der Waals surface area (Å²) in [5, 5.41) is 5.40. The molecular weight excluding hydrogens is 376 g/mol. The van der Waals surface area contributed by atoms with Crippen molar-refractivity contribution in [2.24, 2.45) is 0 Å². The standard InChI is InChI=1S/C21H28N2O4S/c1-15(2)18-7-6-16(14-26-8-4-10-28)11-19(18)21(25)23-13-20(24)22-12-17-5-3-9-27-17/h3,5-7,9,11,15,28H,4,8,10,12-14H2,1-2H3,(H,22,24)(H,23,25). The van der Waals surface area contributed by atoms with Crippen molar-refractivity contribution in [3.63, 3.8) is 0 Å². The molecule has 0 radical (unpaired) electrons. The van der Waals surface area contributed by atoms with E-state index in [1.807, 2.05) is 32.0 Å².